The smallest absolute Gasteiger partial charge is 0.354 e. The first-order valence-corrected chi connectivity index (χ1v) is 7.29. The fraction of sp³-hybridized carbons (Fsp3) is 0.375. The molecule has 134 valence electrons. The molecule has 0 saturated carbocycles. The number of nitro groups is 1. The van der Waals surface area contributed by atoms with Gasteiger partial charge in [-0.15, -0.1) is 0 Å². The van der Waals surface area contributed by atoms with E-state index in [1.807, 2.05) is 0 Å². The Morgan fingerprint density at radius 3 is 2.44 bits per heavy atom. The average Bonchev–Trinajstić information content (AvgIpc) is 2.56. The second-order valence-corrected chi connectivity index (χ2v) is 6.15. The first-order chi connectivity index (χ1) is 11.6. The number of benzene rings is 1. The van der Waals surface area contributed by atoms with Gasteiger partial charge in [-0.2, -0.15) is 5.10 Å². The molecule has 0 spiro atoms. The number of rotatable bonds is 6. The molecule has 0 heterocycles. The minimum Gasteiger partial charge on any atom is -0.464 e. The minimum atomic E-state index is -0.850. The maximum Gasteiger partial charge on any atom is 0.354 e. The maximum atomic E-state index is 12.1. The zero-order valence-corrected chi connectivity index (χ0v) is 14.4. The number of amides is 1. The number of nitrogens with one attached hydrogen (secondary N) is 1. The lowest BCUT2D eigenvalue weighted by Crippen LogP contribution is -2.30. The molecule has 1 rings (SSSR count). The molecule has 0 aliphatic heterocycles. The van der Waals surface area contributed by atoms with E-state index >= 15 is 0 Å². The largest absolute Gasteiger partial charge is 0.464 e. The van der Waals surface area contributed by atoms with Gasteiger partial charge in [0.1, 0.15) is 5.78 Å². The van der Waals surface area contributed by atoms with Gasteiger partial charge < -0.3 is 4.74 Å². The van der Waals surface area contributed by atoms with E-state index in [1.165, 1.54) is 18.2 Å². The second-order valence-electron chi connectivity index (χ2n) is 6.15. The summed E-state index contributed by atoms with van der Waals surface area (Å²) in [5.74, 6) is -1.87. The highest BCUT2D eigenvalue weighted by atomic mass is 16.6. The van der Waals surface area contributed by atoms with Crippen molar-refractivity contribution in [1.29, 1.82) is 0 Å². The molecule has 9 heteroatoms. The van der Waals surface area contributed by atoms with Crippen LogP contribution >= 0.6 is 0 Å². The standard InChI is InChI=1S/C16H19N3O6/c1-16(2,3)13(20)9-12(15(22)25-4)17-18-14(21)10-6-5-7-11(8-10)19(23)24/h5-8H,9H2,1-4H3,(H,18,21)/b17-12-. The number of carbonyl (C=O) groups excluding carboxylic acids is 3. The van der Waals surface area contributed by atoms with E-state index in [-0.39, 0.29) is 29.2 Å². The average molecular weight is 349 g/mol. The number of ether oxygens (including phenoxy) is 1. The van der Waals surface area contributed by atoms with E-state index in [9.17, 15) is 24.5 Å². The fourth-order valence-electron chi connectivity index (χ4n) is 1.64. The molecular formula is C16H19N3O6. The van der Waals surface area contributed by atoms with E-state index in [0.29, 0.717) is 0 Å². The first-order valence-electron chi connectivity index (χ1n) is 7.29. The lowest BCUT2D eigenvalue weighted by atomic mass is 9.88. The number of nitro benzene ring substituents is 1. The van der Waals surface area contributed by atoms with Crippen LogP contribution in [0.15, 0.2) is 29.4 Å². The quantitative estimate of drug-likeness (QED) is 0.361. The molecule has 9 nitrogen and oxygen atoms in total. The number of ketones is 1. The predicted molar refractivity (Wildman–Crippen MR) is 89.1 cm³/mol. The van der Waals surface area contributed by atoms with Crippen molar-refractivity contribution in [2.45, 2.75) is 27.2 Å². The van der Waals surface area contributed by atoms with Crippen LogP contribution in [0.5, 0.6) is 0 Å². The molecule has 0 radical (unpaired) electrons. The van der Waals surface area contributed by atoms with Gasteiger partial charge in [0.15, 0.2) is 5.71 Å². The van der Waals surface area contributed by atoms with Crippen LogP contribution in [-0.4, -0.2) is 35.4 Å². The second kappa shape index (κ2) is 8.13. The van der Waals surface area contributed by atoms with E-state index in [1.54, 1.807) is 20.8 Å². The normalized spacial score (nSPS) is 11.6. The minimum absolute atomic E-state index is 0.00989. The molecule has 0 aliphatic carbocycles. The summed E-state index contributed by atoms with van der Waals surface area (Å²) < 4.78 is 4.55. The molecule has 1 aromatic carbocycles. The topological polar surface area (TPSA) is 128 Å². The van der Waals surface area contributed by atoms with Crippen molar-refractivity contribution in [3.63, 3.8) is 0 Å². The molecule has 25 heavy (non-hydrogen) atoms. The number of hydrazone groups is 1. The van der Waals surface area contributed by atoms with Gasteiger partial charge in [-0.05, 0) is 6.07 Å². The summed E-state index contributed by atoms with van der Waals surface area (Å²) in [7, 11) is 1.13. The van der Waals surface area contributed by atoms with Gasteiger partial charge in [0.2, 0.25) is 0 Å². The summed E-state index contributed by atoms with van der Waals surface area (Å²) in [5, 5.41) is 14.4. The van der Waals surface area contributed by atoms with Crippen LogP contribution in [0.4, 0.5) is 5.69 Å². The summed E-state index contributed by atoms with van der Waals surface area (Å²) in [6.45, 7) is 5.06. The third kappa shape index (κ3) is 5.79. The highest BCUT2D eigenvalue weighted by Crippen LogP contribution is 2.17. The first kappa shape index (κ1) is 19.9. The Kier molecular flexibility index (Phi) is 6.49. The van der Waals surface area contributed by atoms with E-state index in [2.05, 4.69) is 15.3 Å². The Bertz CT molecular complexity index is 734. The molecule has 0 unspecified atom stereocenters. The number of methoxy groups -OCH3 is 1. The van der Waals surface area contributed by atoms with Gasteiger partial charge >= 0.3 is 5.97 Å². The summed E-state index contributed by atoms with van der Waals surface area (Å²) in [4.78, 5) is 45.9. The van der Waals surface area contributed by atoms with Crippen molar-refractivity contribution in [3.8, 4) is 0 Å². The zero-order valence-electron chi connectivity index (χ0n) is 14.4. The number of esters is 1. The van der Waals surface area contributed by atoms with Gasteiger partial charge in [0.05, 0.1) is 18.5 Å². The van der Waals surface area contributed by atoms with Crippen LogP contribution in [0.2, 0.25) is 0 Å². The SMILES string of the molecule is COC(=O)/C(CC(=O)C(C)(C)C)=N\NC(=O)c1cccc([N+](=O)[O-])c1. The van der Waals surface area contributed by atoms with E-state index in [0.717, 1.165) is 13.2 Å². The zero-order chi connectivity index (χ0) is 19.2. The van der Waals surface area contributed by atoms with Gasteiger partial charge in [0, 0.05) is 23.1 Å². The predicted octanol–water partition coefficient (Wildman–Crippen LogP) is 1.86. The molecule has 0 aliphatic rings. The number of hydrogen-bond donors (Lipinski definition) is 1. The molecule has 1 amide bonds. The molecule has 0 saturated heterocycles. The summed E-state index contributed by atoms with van der Waals surface area (Å²) in [6, 6.07) is 5.02. The Morgan fingerprint density at radius 2 is 1.92 bits per heavy atom. The molecular weight excluding hydrogens is 330 g/mol. The Hall–Kier alpha value is -3.10. The molecule has 0 bridgehead atoms. The third-order valence-electron chi connectivity index (χ3n) is 3.20. The molecule has 1 N–H and O–H groups in total. The highest BCUT2D eigenvalue weighted by Gasteiger charge is 2.26. The molecule has 0 aromatic heterocycles. The van der Waals surface area contributed by atoms with Crippen LogP contribution in [0.1, 0.15) is 37.6 Å². The fourth-order valence-corrected chi connectivity index (χ4v) is 1.64. The Labute approximate surface area is 144 Å². The van der Waals surface area contributed by atoms with Crippen LogP contribution in [0.3, 0.4) is 0 Å². The summed E-state index contributed by atoms with van der Waals surface area (Å²) >= 11 is 0. The van der Waals surface area contributed by atoms with Crippen molar-refractivity contribution in [3.05, 3.63) is 39.9 Å². The number of hydrogen-bond acceptors (Lipinski definition) is 7. The monoisotopic (exact) mass is 349 g/mol. The molecule has 0 fully saturated rings. The number of carbonyl (C=O) groups is 3. The number of non-ortho nitro benzene ring substituents is 1. The van der Waals surface area contributed by atoms with Crippen molar-refractivity contribution in [2.24, 2.45) is 10.5 Å². The maximum absolute atomic E-state index is 12.1. The van der Waals surface area contributed by atoms with Crippen molar-refractivity contribution < 1.29 is 24.0 Å². The Balaban J connectivity index is 2.98. The lowest BCUT2D eigenvalue weighted by Gasteiger charge is -2.16. The van der Waals surface area contributed by atoms with Crippen LogP contribution in [0.25, 0.3) is 0 Å². The van der Waals surface area contributed by atoms with E-state index < -0.39 is 22.2 Å². The van der Waals surface area contributed by atoms with Gasteiger partial charge in [-0.1, -0.05) is 26.8 Å². The Morgan fingerprint density at radius 1 is 1.28 bits per heavy atom. The number of nitrogens with zero attached hydrogens (tertiary/aromatic N) is 2. The van der Waals surface area contributed by atoms with Crippen molar-refractivity contribution in [1.82, 2.24) is 5.43 Å². The van der Waals surface area contributed by atoms with E-state index in [4.69, 9.17) is 0 Å². The lowest BCUT2D eigenvalue weighted by molar-refractivity contribution is -0.384. The van der Waals surface area contributed by atoms with Crippen molar-refractivity contribution in [2.75, 3.05) is 7.11 Å². The molecule has 1 aromatic rings. The summed E-state index contributed by atoms with van der Waals surface area (Å²) in [6.07, 6.45) is -0.314. The highest BCUT2D eigenvalue weighted by molar-refractivity contribution is 6.40. The van der Waals surface area contributed by atoms with Crippen LogP contribution < -0.4 is 5.43 Å². The van der Waals surface area contributed by atoms with Crippen LogP contribution in [-0.2, 0) is 14.3 Å². The van der Waals surface area contributed by atoms with Crippen molar-refractivity contribution >= 4 is 29.1 Å². The van der Waals surface area contributed by atoms with Gasteiger partial charge in [-0.3, -0.25) is 19.7 Å². The molecule has 0 atom stereocenters. The van der Waals surface area contributed by atoms with Crippen LogP contribution in [0, 0.1) is 15.5 Å². The summed E-state index contributed by atoms with van der Waals surface area (Å²) in [5.41, 5.74) is 0.886. The third-order valence-corrected chi connectivity index (χ3v) is 3.20. The van der Waals surface area contributed by atoms with Gasteiger partial charge in [0.25, 0.3) is 11.6 Å². The number of Topliss-reactive ketones (excluding diaryl/α,β-unsaturated/α-hetero) is 1. The van der Waals surface area contributed by atoms with Gasteiger partial charge in [-0.25, -0.2) is 10.2 Å².